The van der Waals surface area contributed by atoms with Crippen LogP contribution in [-0.2, 0) is 4.79 Å². The second-order valence-electron chi connectivity index (χ2n) is 5.83. The number of nitrogens with zero attached hydrogens (tertiary/aromatic N) is 1. The van der Waals surface area contributed by atoms with Crippen molar-refractivity contribution in [1.29, 1.82) is 0 Å². The molecule has 2 aromatic rings. The molecule has 0 heterocycles. The molecule has 0 fully saturated rings. The Morgan fingerprint density at radius 1 is 1.00 bits per heavy atom. The van der Waals surface area contributed by atoms with Gasteiger partial charge in [-0.3, -0.25) is 0 Å². The zero-order valence-electron chi connectivity index (χ0n) is 13.9. The Hall–Kier alpha value is -1.51. The minimum Gasteiger partial charge on any atom is -0.369 e. The second kappa shape index (κ2) is 9.71. The fourth-order valence-electron chi connectivity index (χ4n) is 2.96. The Kier molecular flexibility index (Phi) is 7.61. The van der Waals surface area contributed by atoms with Crippen LogP contribution in [-0.4, -0.2) is 31.1 Å². The van der Waals surface area contributed by atoms with Crippen LogP contribution in [0.15, 0.2) is 48.5 Å². The van der Waals surface area contributed by atoms with Gasteiger partial charge in [-0.2, -0.15) is 0 Å². The zero-order valence-corrected chi connectivity index (χ0v) is 15.4. The highest BCUT2D eigenvalue weighted by Crippen LogP contribution is 2.30. The normalized spacial score (nSPS) is 12.0. The number of rotatable bonds is 9. The molecule has 0 amide bonds. The molecule has 24 heavy (non-hydrogen) atoms. The molecule has 0 bridgehead atoms. The molecule has 0 radical (unpaired) electrons. The lowest BCUT2D eigenvalue weighted by Crippen LogP contribution is -2.27. The number of carbonyl (C=O) groups excluding carboxylic acids is 1. The number of benzene rings is 2. The van der Waals surface area contributed by atoms with E-state index in [9.17, 15) is 4.79 Å². The van der Waals surface area contributed by atoms with Gasteiger partial charge < -0.3 is 9.69 Å². The summed E-state index contributed by atoms with van der Waals surface area (Å²) in [5.41, 5.74) is 4.60. The minimum atomic E-state index is 0.0659. The minimum absolute atomic E-state index is 0.0659. The Morgan fingerprint density at radius 2 is 1.62 bits per heavy atom. The lowest BCUT2D eigenvalue weighted by atomic mass is 9.88. The van der Waals surface area contributed by atoms with E-state index in [-0.39, 0.29) is 5.92 Å². The molecule has 2 aromatic carbocycles. The zero-order chi connectivity index (χ0) is 17.4. The summed E-state index contributed by atoms with van der Waals surface area (Å²) in [7, 11) is 0. The monoisotopic (exact) mass is 363 g/mol. The summed E-state index contributed by atoms with van der Waals surface area (Å²) in [6.45, 7) is 3.57. The van der Waals surface area contributed by atoms with Crippen LogP contribution >= 0.6 is 23.2 Å². The van der Waals surface area contributed by atoms with Gasteiger partial charge in [-0.15, -0.1) is 23.2 Å². The first-order valence-corrected chi connectivity index (χ1v) is 9.23. The Bertz CT molecular complexity index is 654. The van der Waals surface area contributed by atoms with E-state index in [1.807, 2.05) is 12.1 Å². The van der Waals surface area contributed by atoms with Crippen LogP contribution in [0.25, 0.3) is 0 Å². The molecule has 0 aromatic heterocycles. The van der Waals surface area contributed by atoms with Gasteiger partial charge in [-0.1, -0.05) is 42.0 Å². The van der Waals surface area contributed by atoms with Crippen molar-refractivity contribution in [3.63, 3.8) is 0 Å². The average Bonchev–Trinajstić information content (AvgIpc) is 2.59. The second-order valence-corrected chi connectivity index (χ2v) is 6.59. The van der Waals surface area contributed by atoms with Crippen molar-refractivity contribution in [1.82, 2.24) is 0 Å². The molecule has 0 saturated heterocycles. The number of hydrogen-bond acceptors (Lipinski definition) is 2. The molecule has 0 saturated carbocycles. The Balaban J connectivity index is 2.37. The summed E-state index contributed by atoms with van der Waals surface area (Å²) >= 11 is 11.8. The third-order valence-corrected chi connectivity index (χ3v) is 4.46. The summed E-state index contributed by atoms with van der Waals surface area (Å²) in [5, 5.41) is 0. The first kappa shape index (κ1) is 18.8. The van der Waals surface area contributed by atoms with Crippen molar-refractivity contribution >= 4 is 35.2 Å². The van der Waals surface area contributed by atoms with Crippen LogP contribution < -0.4 is 4.90 Å². The number of aryl methyl sites for hydroxylation is 1. The number of hydrogen-bond donors (Lipinski definition) is 0. The Morgan fingerprint density at radius 3 is 2.21 bits per heavy atom. The van der Waals surface area contributed by atoms with E-state index in [0.717, 1.165) is 30.6 Å². The summed E-state index contributed by atoms with van der Waals surface area (Å²) in [4.78, 5) is 13.4. The van der Waals surface area contributed by atoms with Crippen molar-refractivity contribution in [3.05, 3.63) is 65.2 Å². The molecule has 1 unspecified atom stereocenters. The number of anilines is 1. The molecule has 2 nitrogen and oxygen atoms in total. The van der Waals surface area contributed by atoms with Gasteiger partial charge in [0.1, 0.15) is 6.29 Å². The first-order valence-electron chi connectivity index (χ1n) is 8.16. The van der Waals surface area contributed by atoms with Crippen LogP contribution in [0.5, 0.6) is 0 Å². The van der Waals surface area contributed by atoms with Gasteiger partial charge in [0.2, 0.25) is 0 Å². The van der Waals surface area contributed by atoms with E-state index >= 15 is 0 Å². The topological polar surface area (TPSA) is 20.3 Å². The quantitative estimate of drug-likeness (QED) is 0.461. The molecule has 0 aliphatic carbocycles. The maximum atomic E-state index is 11.2. The SMILES string of the molecule is Cc1cccc(C(CC=O)c2cccc(N(CCCl)CCCl)c2)c1. The number of halogens is 2. The van der Waals surface area contributed by atoms with Gasteiger partial charge in [0.15, 0.2) is 0 Å². The van der Waals surface area contributed by atoms with Crippen LogP contribution in [0, 0.1) is 6.92 Å². The van der Waals surface area contributed by atoms with Gasteiger partial charge in [-0.25, -0.2) is 0 Å². The van der Waals surface area contributed by atoms with Crippen molar-refractivity contribution in [2.75, 3.05) is 29.7 Å². The molecule has 128 valence electrons. The standard InChI is InChI=1S/C20H23Cl2NO/c1-16-4-2-5-17(14-16)20(8-13-24)18-6-3-7-19(15-18)23(11-9-21)12-10-22/h2-7,13-15,20H,8-12H2,1H3. The summed E-state index contributed by atoms with van der Waals surface area (Å²) in [5.74, 6) is 1.17. The van der Waals surface area contributed by atoms with Crippen molar-refractivity contribution in [2.24, 2.45) is 0 Å². The number of carbonyl (C=O) groups is 1. The Labute approximate surface area is 154 Å². The smallest absolute Gasteiger partial charge is 0.120 e. The predicted octanol–water partition coefficient (Wildman–Crippen LogP) is 5.00. The van der Waals surface area contributed by atoms with E-state index in [0.29, 0.717) is 18.2 Å². The molecular formula is C20H23Cl2NO. The van der Waals surface area contributed by atoms with E-state index < -0.39 is 0 Å². The van der Waals surface area contributed by atoms with Gasteiger partial charge in [0.05, 0.1) is 0 Å². The van der Waals surface area contributed by atoms with E-state index in [2.05, 4.69) is 48.2 Å². The number of alkyl halides is 2. The van der Waals surface area contributed by atoms with Crippen LogP contribution in [0.2, 0.25) is 0 Å². The fraction of sp³-hybridized carbons (Fsp3) is 0.350. The third-order valence-electron chi connectivity index (χ3n) is 4.12. The van der Waals surface area contributed by atoms with Crippen molar-refractivity contribution < 1.29 is 4.79 Å². The first-order chi connectivity index (χ1) is 11.7. The summed E-state index contributed by atoms with van der Waals surface area (Å²) < 4.78 is 0. The summed E-state index contributed by atoms with van der Waals surface area (Å²) in [6.07, 6.45) is 1.47. The molecule has 1 atom stereocenters. The molecule has 4 heteroatoms. The van der Waals surface area contributed by atoms with Crippen molar-refractivity contribution in [3.8, 4) is 0 Å². The molecule has 2 rings (SSSR count). The molecule has 0 N–H and O–H groups in total. The van der Waals surface area contributed by atoms with Gasteiger partial charge in [0, 0.05) is 42.9 Å². The number of aldehydes is 1. The van der Waals surface area contributed by atoms with Gasteiger partial charge >= 0.3 is 0 Å². The lowest BCUT2D eigenvalue weighted by molar-refractivity contribution is -0.108. The maximum absolute atomic E-state index is 11.2. The highest BCUT2D eigenvalue weighted by atomic mass is 35.5. The van der Waals surface area contributed by atoms with Gasteiger partial charge in [0.25, 0.3) is 0 Å². The van der Waals surface area contributed by atoms with Crippen LogP contribution in [0.3, 0.4) is 0 Å². The lowest BCUT2D eigenvalue weighted by Gasteiger charge is -2.25. The third kappa shape index (κ3) is 4.99. The molecule has 0 aliphatic heterocycles. The average molecular weight is 364 g/mol. The molecular weight excluding hydrogens is 341 g/mol. The highest BCUT2D eigenvalue weighted by Gasteiger charge is 2.16. The molecule has 0 spiro atoms. The predicted molar refractivity (Wildman–Crippen MR) is 104 cm³/mol. The molecule has 0 aliphatic rings. The highest BCUT2D eigenvalue weighted by molar-refractivity contribution is 6.18. The van der Waals surface area contributed by atoms with Crippen LogP contribution in [0.4, 0.5) is 5.69 Å². The van der Waals surface area contributed by atoms with E-state index in [1.165, 1.54) is 11.1 Å². The van der Waals surface area contributed by atoms with E-state index in [4.69, 9.17) is 23.2 Å². The van der Waals surface area contributed by atoms with E-state index in [1.54, 1.807) is 0 Å². The maximum Gasteiger partial charge on any atom is 0.120 e. The van der Waals surface area contributed by atoms with Crippen LogP contribution in [0.1, 0.15) is 29.0 Å². The van der Waals surface area contributed by atoms with Gasteiger partial charge in [-0.05, 0) is 30.2 Å². The fourth-order valence-corrected chi connectivity index (χ4v) is 3.37. The largest absolute Gasteiger partial charge is 0.369 e. The summed E-state index contributed by atoms with van der Waals surface area (Å²) in [6, 6.07) is 16.7. The van der Waals surface area contributed by atoms with Crippen molar-refractivity contribution in [2.45, 2.75) is 19.3 Å².